The molecule has 5 aliphatic carbocycles. The number of hydrogen-bond acceptors (Lipinski definition) is 4. The van der Waals surface area contributed by atoms with Crippen molar-refractivity contribution in [1.29, 1.82) is 0 Å². The van der Waals surface area contributed by atoms with E-state index in [2.05, 4.69) is 11.4 Å². The minimum Gasteiger partial charge on any atom is -0.392 e. The van der Waals surface area contributed by atoms with Gasteiger partial charge in [0.05, 0.1) is 30.1 Å². The van der Waals surface area contributed by atoms with Gasteiger partial charge in [0.2, 0.25) is 5.91 Å². The van der Waals surface area contributed by atoms with Crippen molar-refractivity contribution < 1.29 is 18.7 Å². The summed E-state index contributed by atoms with van der Waals surface area (Å²) >= 11 is 0. The van der Waals surface area contributed by atoms with Crippen LogP contribution >= 0.6 is 0 Å². The van der Waals surface area contributed by atoms with Crippen molar-refractivity contribution in [2.75, 3.05) is 5.32 Å². The van der Waals surface area contributed by atoms with Gasteiger partial charge in [0, 0.05) is 5.56 Å². The van der Waals surface area contributed by atoms with E-state index in [1.165, 1.54) is 50.2 Å². The van der Waals surface area contributed by atoms with E-state index in [1.807, 2.05) is 12.1 Å². The number of hydrogen-bond donors (Lipinski definition) is 2. The van der Waals surface area contributed by atoms with Gasteiger partial charge in [0.15, 0.2) is 17.5 Å². The molecule has 4 bridgehead atoms. The first-order chi connectivity index (χ1) is 18.9. The fraction of sp³-hybridized carbons (Fsp3) is 0.469. The van der Waals surface area contributed by atoms with Gasteiger partial charge in [-0.25, -0.2) is 18.7 Å². The number of rotatable bonds is 6. The first-order valence-corrected chi connectivity index (χ1v) is 14.2. The minimum atomic E-state index is -0.959. The Balaban J connectivity index is 1.24. The molecule has 39 heavy (non-hydrogen) atoms. The number of nitrogens with zero attached hydrogens (tertiary/aromatic N) is 2. The van der Waals surface area contributed by atoms with Crippen LogP contribution in [0.15, 0.2) is 36.4 Å². The monoisotopic (exact) mass is 529 g/mol. The maximum absolute atomic E-state index is 13.7. The second-order valence-corrected chi connectivity index (χ2v) is 12.5. The normalized spacial score (nSPS) is 26.3. The van der Waals surface area contributed by atoms with Gasteiger partial charge in [-0.3, -0.25) is 4.79 Å². The van der Waals surface area contributed by atoms with Crippen molar-refractivity contribution >= 4 is 11.7 Å². The number of halogens is 2. The van der Waals surface area contributed by atoms with Crippen molar-refractivity contribution in [2.24, 2.45) is 23.2 Å². The lowest BCUT2D eigenvalue weighted by Crippen LogP contribution is -2.47. The highest BCUT2D eigenvalue weighted by atomic mass is 19.2. The van der Waals surface area contributed by atoms with Crippen LogP contribution in [0.1, 0.15) is 66.6 Å². The maximum atomic E-state index is 13.7. The van der Waals surface area contributed by atoms with Gasteiger partial charge < -0.3 is 10.4 Å². The molecule has 1 aromatic heterocycles. The quantitative estimate of drug-likeness (QED) is 0.414. The Labute approximate surface area is 227 Å². The standard InChI is InChI=1S/C32H33F2N3O2/c33-25-5-2-18(11-26(25)34)12-29(39)37-31-28(16-32-13-20-7-21(14-32)9-22(8-20)15-32)35-30-24-4-1-19(17-38)10-23(24)3-6-27(30)36-31/h1-2,4-5,10-11,20-22,38H,3,6-9,12-17H2,(H,36,37,39). The van der Waals surface area contributed by atoms with Gasteiger partial charge in [0.25, 0.3) is 0 Å². The summed E-state index contributed by atoms with van der Waals surface area (Å²) < 4.78 is 27.1. The number of anilines is 1. The Morgan fingerprint density at radius 1 is 0.923 bits per heavy atom. The smallest absolute Gasteiger partial charge is 0.229 e. The third-order valence-electron chi connectivity index (χ3n) is 9.59. The van der Waals surface area contributed by atoms with Crippen molar-refractivity contribution in [2.45, 2.75) is 70.8 Å². The lowest BCUT2D eigenvalue weighted by Gasteiger charge is -2.57. The van der Waals surface area contributed by atoms with Gasteiger partial charge in [0.1, 0.15) is 0 Å². The van der Waals surface area contributed by atoms with E-state index >= 15 is 0 Å². The Kier molecular flexibility index (Phi) is 6.03. The number of nitrogens with one attached hydrogen (secondary N) is 1. The molecule has 2 aromatic carbocycles. The molecule has 5 nitrogen and oxygen atoms in total. The summed E-state index contributed by atoms with van der Waals surface area (Å²) in [5.41, 5.74) is 6.28. The number of carbonyl (C=O) groups is 1. The third-order valence-corrected chi connectivity index (χ3v) is 9.59. The topological polar surface area (TPSA) is 75.1 Å². The van der Waals surface area contributed by atoms with Crippen LogP contribution in [0.4, 0.5) is 14.6 Å². The van der Waals surface area contributed by atoms with E-state index in [-0.39, 0.29) is 24.3 Å². The van der Waals surface area contributed by atoms with E-state index in [0.29, 0.717) is 17.8 Å². The molecule has 7 heteroatoms. The van der Waals surface area contributed by atoms with Crippen LogP contribution in [0.5, 0.6) is 0 Å². The van der Waals surface area contributed by atoms with Crippen molar-refractivity contribution in [3.05, 3.63) is 76.1 Å². The predicted octanol–water partition coefficient (Wildman–Crippen LogP) is 5.95. The summed E-state index contributed by atoms with van der Waals surface area (Å²) in [4.78, 5) is 23.3. The van der Waals surface area contributed by atoms with Gasteiger partial charge in [-0.15, -0.1) is 0 Å². The molecule has 0 aliphatic heterocycles. The van der Waals surface area contributed by atoms with E-state index in [9.17, 15) is 18.7 Å². The molecule has 1 heterocycles. The largest absolute Gasteiger partial charge is 0.392 e. The zero-order valence-electron chi connectivity index (χ0n) is 22.0. The van der Waals surface area contributed by atoms with Crippen LogP contribution in [0.25, 0.3) is 11.3 Å². The Morgan fingerprint density at radius 2 is 1.64 bits per heavy atom. The molecule has 0 saturated heterocycles. The molecule has 0 unspecified atom stereocenters. The number of amides is 1. The van der Waals surface area contributed by atoms with Gasteiger partial charge in [-0.1, -0.05) is 24.3 Å². The Bertz CT molecular complexity index is 1430. The molecule has 4 saturated carbocycles. The van der Waals surface area contributed by atoms with E-state index in [4.69, 9.17) is 9.97 Å². The molecule has 4 fully saturated rings. The average molecular weight is 530 g/mol. The van der Waals surface area contributed by atoms with Gasteiger partial charge in [-0.05, 0) is 110 Å². The Morgan fingerprint density at radius 3 is 2.33 bits per heavy atom. The van der Waals surface area contributed by atoms with Crippen molar-refractivity contribution in [3.8, 4) is 11.3 Å². The summed E-state index contributed by atoms with van der Waals surface area (Å²) in [7, 11) is 0. The molecular weight excluding hydrogens is 496 g/mol. The van der Waals surface area contributed by atoms with Crippen LogP contribution < -0.4 is 5.32 Å². The van der Waals surface area contributed by atoms with Crippen molar-refractivity contribution in [3.63, 3.8) is 0 Å². The number of carbonyl (C=O) groups excluding carboxylic acids is 1. The summed E-state index contributed by atoms with van der Waals surface area (Å²) in [6, 6.07) is 9.58. The number of aliphatic hydroxyl groups is 1. The molecule has 202 valence electrons. The zero-order chi connectivity index (χ0) is 26.7. The van der Waals surface area contributed by atoms with Crippen LogP contribution in [-0.4, -0.2) is 21.0 Å². The van der Waals surface area contributed by atoms with Crippen LogP contribution in [0.2, 0.25) is 0 Å². The minimum absolute atomic E-state index is 0.00596. The maximum Gasteiger partial charge on any atom is 0.229 e. The summed E-state index contributed by atoms with van der Waals surface area (Å²) in [6.45, 7) is 0.00596. The zero-order valence-corrected chi connectivity index (χ0v) is 22.0. The average Bonchev–Trinajstić information content (AvgIpc) is 2.90. The molecule has 0 radical (unpaired) electrons. The highest BCUT2D eigenvalue weighted by Crippen LogP contribution is 2.61. The number of aromatic nitrogens is 2. The van der Waals surface area contributed by atoms with E-state index in [1.54, 1.807) is 0 Å². The molecular formula is C32H33F2N3O2. The van der Waals surface area contributed by atoms with E-state index in [0.717, 1.165) is 70.9 Å². The predicted molar refractivity (Wildman–Crippen MR) is 144 cm³/mol. The first-order valence-electron chi connectivity index (χ1n) is 14.2. The fourth-order valence-corrected chi connectivity index (χ4v) is 8.43. The van der Waals surface area contributed by atoms with Crippen LogP contribution in [0, 0.1) is 34.8 Å². The fourth-order valence-electron chi connectivity index (χ4n) is 8.43. The summed E-state index contributed by atoms with van der Waals surface area (Å²) in [5.74, 6) is 0.698. The molecule has 0 spiro atoms. The van der Waals surface area contributed by atoms with Crippen LogP contribution in [-0.2, 0) is 37.1 Å². The second-order valence-electron chi connectivity index (χ2n) is 12.5. The summed E-state index contributed by atoms with van der Waals surface area (Å²) in [5, 5.41) is 12.6. The number of aliphatic hydroxyl groups excluding tert-OH is 1. The van der Waals surface area contributed by atoms with E-state index < -0.39 is 11.6 Å². The lowest BCUT2D eigenvalue weighted by atomic mass is 9.48. The molecule has 5 aliphatic rings. The van der Waals surface area contributed by atoms with Crippen molar-refractivity contribution in [1.82, 2.24) is 9.97 Å². The molecule has 1 amide bonds. The van der Waals surface area contributed by atoms with Crippen LogP contribution in [0.3, 0.4) is 0 Å². The number of benzene rings is 2. The lowest BCUT2D eigenvalue weighted by molar-refractivity contribution is -0.115. The second kappa shape index (κ2) is 9.47. The SMILES string of the molecule is O=C(Cc1ccc(F)c(F)c1)Nc1nc2c(nc1CC13CC4CC(CC(C4)C1)C3)-c1ccc(CO)cc1CC2. The highest BCUT2D eigenvalue weighted by Gasteiger charge is 2.51. The third kappa shape index (κ3) is 4.65. The molecule has 2 N–H and O–H groups in total. The molecule has 8 rings (SSSR count). The highest BCUT2D eigenvalue weighted by molar-refractivity contribution is 5.92. The molecule has 3 aromatic rings. The number of aryl methyl sites for hydroxylation is 2. The Hall–Kier alpha value is -3.19. The number of fused-ring (bicyclic) bond motifs is 3. The molecule has 0 atom stereocenters. The van der Waals surface area contributed by atoms with Gasteiger partial charge >= 0.3 is 0 Å². The van der Waals surface area contributed by atoms with Gasteiger partial charge in [-0.2, -0.15) is 0 Å². The first kappa shape index (κ1) is 24.8. The summed E-state index contributed by atoms with van der Waals surface area (Å²) in [6.07, 6.45) is 9.94.